The van der Waals surface area contributed by atoms with E-state index in [1.54, 1.807) is 23.9 Å². The van der Waals surface area contributed by atoms with E-state index in [1.807, 2.05) is 67.0 Å². The molecule has 5 nitrogen and oxygen atoms in total. The molecule has 0 saturated heterocycles. The number of phenolic OH excluding ortho intramolecular Hbond substituents is 1. The van der Waals surface area contributed by atoms with Crippen molar-refractivity contribution in [1.82, 2.24) is 15.0 Å². The standard InChI is InChI=1S/C19H17N3O2/c1-24-19-10-5-15(6-11-19)2-7-17-14-22(21-20-17)13-12-16-3-8-18(23)9-4-16/h2-14,23H,1H3/b7-2+,13-12+. The quantitative estimate of drug-likeness (QED) is 0.777. The Morgan fingerprint density at radius 2 is 1.58 bits per heavy atom. The molecule has 0 fully saturated rings. The number of benzene rings is 2. The third-order valence-corrected chi connectivity index (χ3v) is 3.40. The van der Waals surface area contributed by atoms with Gasteiger partial charge in [0.15, 0.2) is 0 Å². The largest absolute Gasteiger partial charge is 0.508 e. The normalized spacial score (nSPS) is 11.4. The molecule has 3 rings (SSSR count). The molecule has 0 unspecified atom stereocenters. The van der Waals surface area contributed by atoms with E-state index in [0.717, 1.165) is 22.6 Å². The molecule has 0 aliphatic heterocycles. The molecule has 1 heterocycles. The second kappa shape index (κ2) is 7.28. The molecule has 0 bridgehead atoms. The van der Waals surface area contributed by atoms with Crippen molar-refractivity contribution >= 4 is 24.4 Å². The van der Waals surface area contributed by atoms with Gasteiger partial charge in [-0.3, -0.25) is 0 Å². The fourth-order valence-electron chi connectivity index (χ4n) is 2.08. The van der Waals surface area contributed by atoms with Crippen LogP contribution in [0.1, 0.15) is 16.8 Å². The third kappa shape index (κ3) is 4.10. The van der Waals surface area contributed by atoms with Gasteiger partial charge >= 0.3 is 0 Å². The highest BCUT2D eigenvalue weighted by Crippen LogP contribution is 2.14. The lowest BCUT2D eigenvalue weighted by atomic mass is 10.2. The smallest absolute Gasteiger partial charge is 0.118 e. The number of nitrogens with zero attached hydrogens (tertiary/aromatic N) is 3. The zero-order chi connectivity index (χ0) is 16.8. The Balaban J connectivity index is 1.66. The van der Waals surface area contributed by atoms with Gasteiger partial charge in [-0.05, 0) is 47.5 Å². The highest BCUT2D eigenvalue weighted by Gasteiger charge is 1.95. The van der Waals surface area contributed by atoms with E-state index in [-0.39, 0.29) is 5.75 Å². The Kier molecular flexibility index (Phi) is 4.72. The van der Waals surface area contributed by atoms with Crippen LogP contribution in [0, 0.1) is 0 Å². The monoisotopic (exact) mass is 319 g/mol. The summed E-state index contributed by atoms with van der Waals surface area (Å²) in [6.07, 6.45) is 9.41. The first-order chi connectivity index (χ1) is 11.7. The van der Waals surface area contributed by atoms with E-state index in [4.69, 9.17) is 4.74 Å². The number of phenols is 1. The fourth-order valence-corrected chi connectivity index (χ4v) is 2.08. The van der Waals surface area contributed by atoms with E-state index >= 15 is 0 Å². The van der Waals surface area contributed by atoms with Crippen molar-refractivity contribution in [3.05, 3.63) is 71.5 Å². The van der Waals surface area contributed by atoms with Gasteiger partial charge in [-0.1, -0.05) is 35.6 Å². The summed E-state index contributed by atoms with van der Waals surface area (Å²) in [7, 11) is 1.65. The molecule has 24 heavy (non-hydrogen) atoms. The topological polar surface area (TPSA) is 60.2 Å². The van der Waals surface area contributed by atoms with Crippen LogP contribution in [-0.2, 0) is 0 Å². The second-order valence-corrected chi connectivity index (χ2v) is 5.14. The van der Waals surface area contributed by atoms with Crippen molar-refractivity contribution in [3.63, 3.8) is 0 Å². The van der Waals surface area contributed by atoms with Crippen molar-refractivity contribution in [1.29, 1.82) is 0 Å². The van der Waals surface area contributed by atoms with E-state index in [9.17, 15) is 5.11 Å². The van der Waals surface area contributed by atoms with Crippen LogP contribution in [0.2, 0.25) is 0 Å². The van der Waals surface area contributed by atoms with Crippen molar-refractivity contribution < 1.29 is 9.84 Å². The zero-order valence-electron chi connectivity index (χ0n) is 13.2. The minimum Gasteiger partial charge on any atom is -0.508 e. The summed E-state index contributed by atoms with van der Waals surface area (Å²) in [5.74, 6) is 1.08. The van der Waals surface area contributed by atoms with Gasteiger partial charge in [0.1, 0.15) is 17.2 Å². The molecule has 0 saturated carbocycles. The first-order valence-corrected chi connectivity index (χ1v) is 7.44. The highest BCUT2D eigenvalue weighted by atomic mass is 16.5. The molecular weight excluding hydrogens is 302 g/mol. The van der Waals surface area contributed by atoms with Gasteiger partial charge in [0.2, 0.25) is 0 Å². The summed E-state index contributed by atoms with van der Waals surface area (Å²) in [6.45, 7) is 0. The summed E-state index contributed by atoms with van der Waals surface area (Å²) in [4.78, 5) is 0. The van der Waals surface area contributed by atoms with Crippen LogP contribution in [0.5, 0.6) is 11.5 Å². The van der Waals surface area contributed by atoms with Crippen LogP contribution in [0.15, 0.2) is 54.7 Å². The van der Waals surface area contributed by atoms with Gasteiger partial charge in [-0.25, -0.2) is 4.68 Å². The zero-order valence-corrected chi connectivity index (χ0v) is 13.2. The van der Waals surface area contributed by atoms with Gasteiger partial charge in [0.25, 0.3) is 0 Å². The number of aromatic nitrogens is 3. The maximum Gasteiger partial charge on any atom is 0.118 e. The first kappa shape index (κ1) is 15.6. The van der Waals surface area contributed by atoms with Gasteiger partial charge in [-0.2, -0.15) is 0 Å². The number of aromatic hydroxyl groups is 1. The molecule has 1 N–H and O–H groups in total. The number of methoxy groups -OCH3 is 1. The van der Waals surface area contributed by atoms with E-state index in [1.165, 1.54) is 0 Å². The Morgan fingerprint density at radius 1 is 0.917 bits per heavy atom. The molecule has 0 spiro atoms. The molecule has 0 aliphatic rings. The van der Waals surface area contributed by atoms with Crippen molar-refractivity contribution in [3.8, 4) is 11.5 Å². The lowest BCUT2D eigenvalue weighted by molar-refractivity contribution is 0.415. The van der Waals surface area contributed by atoms with Crippen LogP contribution in [0.4, 0.5) is 0 Å². The van der Waals surface area contributed by atoms with Gasteiger partial charge in [-0.15, -0.1) is 5.10 Å². The molecule has 1 aromatic heterocycles. The molecule has 0 amide bonds. The second-order valence-electron chi connectivity index (χ2n) is 5.14. The lowest BCUT2D eigenvalue weighted by Crippen LogP contribution is -1.85. The minimum absolute atomic E-state index is 0.249. The van der Waals surface area contributed by atoms with Crippen LogP contribution in [-0.4, -0.2) is 27.2 Å². The molecule has 2 aromatic carbocycles. The molecular formula is C19H17N3O2. The van der Waals surface area contributed by atoms with E-state index < -0.39 is 0 Å². The molecule has 120 valence electrons. The van der Waals surface area contributed by atoms with Crippen molar-refractivity contribution in [2.24, 2.45) is 0 Å². The van der Waals surface area contributed by atoms with E-state index in [0.29, 0.717) is 0 Å². The predicted octanol–water partition coefficient (Wildman–Crippen LogP) is 3.79. The molecule has 5 heteroatoms. The Bertz CT molecular complexity index is 847. The molecule has 3 aromatic rings. The van der Waals surface area contributed by atoms with E-state index in [2.05, 4.69) is 10.3 Å². The summed E-state index contributed by atoms with van der Waals surface area (Å²) >= 11 is 0. The summed E-state index contributed by atoms with van der Waals surface area (Å²) in [5.41, 5.74) is 2.80. The molecule has 0 radical (unpaired) electrons. The summed E-state index contributed by atoms with van der Waals surface area (Å²) < 4.78 is 6.77. The number of hydrogen-bond donors (Lipinski definition) is 1. The lowest BCUT2D eigenvalue weighted by Gasteiger charge is -1.98. The maximum absolute atomic E-state index is 9.26. The van der Waals surface area contributed by atoms with Crippen LogP contribution >= 0.6 is 0 Å². The summed E-state index contributed by atoms with van der Waals surface area (Å²) in [5, 5.41) is 17.4. The maximum atomic E-state index is 9.26. The van der Waals surface area contributed by atoms with Crippen molar-refractivity contribution in [2.45, 2.75) is 0 Å². The first-order valence-electron chi connectivity index (χ1n) is 7.44. The third-order valence-electron chi connectivity index (χ3n) is 3.40. The van der Waals surface area contributed by atoms with Crippen molar-refractivity contribution in [2.75, 3.05) is 7.11 Å². The Hall–Kier alpha value is -3.34. The van der Waals surface area contributed by atoms with Crippen LogP contribution in [0.3, 0.4) is 0 Å². The highest BCUT2D eigenvalue weighted by molar-refractivity contribution is 5.68. The fraction of sp³-hybridized carbons (Fsp3) is 0.0526. The molecule has 0 atom stereocenters. The predicted molar refractivity (Wildman–Crippen MR) is 95.3 cm³/mol. The van der Waals surface area contributed by atoms with Gasteiger partial charge in [0.05, 0.1) is 13.3 Å². The molecule has 0 aliphatic carbocycles. The average molecular weight is 319 g/mol. The van der Waals surface area contributed by atoms with Gasteiger partial charge < -0.3 is 9.84 Å². The number of ether oxygens (including phenoxy) is 1. The Morgan fingerprint density at radius 3 is 2.29 bits per heavy atom. The van der Waals surface area contributed by atoms with Crippen LogP contribution < -0.4 is 4.74 Å². The number of hydrogen-bond acceptors (Lipinski definition) is 4. The summed E-state index contributed by atoms with van der Waals surface area (Å²) in [6, 6.07) is 14.7. The Labute approximate surface area is 140 Å². The minimum atomic E-state index is 0.249. The van der Waals surface area contributed by atoms with Crippen LogP contribution in [0.25, 0.3) is 24.4 Å². The average Bonchev–Trinajstić information content (AvgIpc) is 3.08. The number of rotatable bonds is 5. The van der Waals surface area contributed by atoms with Gasteiger partial charge in [0, 0.05) is 6.20 Å². The SMILES string of the molecule is COc1ccc(/C=C/c2cn(/C=C/c3ccc(O)cc3)nn2)cc1.